The zero-order valence-electron chi connectivity index (χ0n) is 10.2. The van der Waals surface area contributed by atoms with Crippen molar-refractivity contribution in [3.63, 3.8) is 0 Å². The smallest absolute Gasteiger partial charge is 0.101 e. The van der Waals surface area contributed by atoms with Crippen molar-refractivity contribution < 1.29 is 0 Å². The Morgan fingerprint density at radius 3 is 2.47 bits per heavy atom. The van der Waals surface area contributed by atoms with Gasteiger partial charge >= 0.3 is 0 Å². The second kappa shape index (κ2) is 4.72. The SMILES string of the molecule is N#Cc1cc(C#Cc2ccccc2)n2ccccc12. The summed E-state index contributed by atoms with van der Waals surface area (Å²) >= 11 is 0. The average Bonchev–Trinajstić information content (AvgIpc) is 2.84. The van der Waals surface area contributed by atoms with Crippen molar-refractivity contribution in [2.24, 2.45) is 0 Å². The molecule has 0 N–H and O–H groups in total. The topological polar surface area (TPSA) is 28.2 Å². The van der Waals surface area contributed by atoms with Gasteiger partial charge in [0.25, 0.3) is 0 Å². The van der Waals surface area contributed by atoms with Gasteiger partial charge in [-0.05, 0) is 36.3 Å². The van der Waals surface area contributed by atoms with E-state index in [1.54, 1.807) is 0 Å². The van der Waals surface area contributed by atoms with Crippen molar-refractivity contribution >= 4 is 5.52 Å². The molecule has 0 saturated heterocycles. The molecule has 0 aliphatic carbocycles. The number of benzene rings is 1. The highest BCUT2D eigenvalue weighted by molar-refractivity contribution is 5.65. The van der Waals surface area contributed by atoms with Gasteiger partial charge in [-0.25, -0.2) is 0 Å². The Balaban J connectivity index is 2.13. The fraction of sp³-hybridized carbons (Fsp3) is 0. The summed E-state index contributed by atoms with van der Waals surface area (Å²) in [7, 11) is 0. The maximum Gasteiger partial charge on any atom is 0.101 e. The molecule has 0 saturated carbocycles. The Kier molecular flexibility index (Phi) is 2.77. The summed E-state index contributed by atoms with van der Waals surface area (Å²) in [6.07, 6.45) is 1.92. The van der Waals surface area contributed by atoms with Crippen LogP contribution in [0.5, 0.6) is 0 Å². The van der Waals surface area contributed by atoms with Crippen molar-refractivity contribution in [1.29, 1.82) is 5.26 Å². The first-order chi connectivity index (χ1) is 9.38. The molecule has 1 aromatic carbocycles. The van der Waals surface area contributed by atoms with Crippen molar-refractivity contribution in [3.05, 3.63) is 77.6 Å². The highest BCUT2D eigenvalue weighted by Crippen LogP contribution is 2.15. The minimum atomic E-state index is 0.651. The molecule has 0 unspecified atom stereocenters. The van der Waals surface area contributed by atoms with Crippen LogP contribution in [-0.4, -0.2) is 4.40 Å². The second-order valence-electron chi connectivity index (χ2n) is 4.13. The molecule has 2 heterocycles. The van der Waals surface area contributed by atoms with E-state index in [4.69, 9.17) is 5.26 Å². The number of hydrogen-bond donors (Lipinski definition) is 0. The molecule has 0 spiro atoms. The molecule has 2 aromatic heterocycles. The lowest BCUT2D eigenvalue weighted by atomic mass is 10.2. The minimum Gasteiger partial charge on any atom is -0.309 e. The third-order valence-corrected chi connectivity index (χ3v) is 2.91. The Morgan fingerprint density at radius 1 is 0.895 bits per heavy atom. The van der Waals surface area contributed by atoms with Gasteiger partial charge in [0, 0.05) is 11.8 Å². The summed E-state index contributed by atoms with van der Waals surface area (Å²) in [5, 5.41) is 9.12. The largest absolute Gasteiger partial charge is 0.309 e. The summed E-state index contributed by atoms with van der Waals surface area (Å²) < 4.78 is 1.94. The lowest BCUT2D eigenvalue weighted by Crippen LogP contribution is -1.86. The summed E-state index contributed by atoms with van der Waals surface area (Å²) in [5.74, 6) is 6.23. The second-order valence-corrected chi connectivity index (χ2v) is 4.13. The van der Waals surface area contributed by atoms with Gasteiger partial charge in [-0.1, -0.05) is 30.2 Å². The monoisotopic (exact) mass is 242 g/mol. The molecule has 19 heavy (non-hydrogen) atoms. The summed E-state index contributed by atoms with van der Waals surface area (Å²) in [5.41, 5.74) is 3.34. The summed E-state index contributed by atoms with van der Waals surface area (Å²) in [4.78, 5) is 0. The molecule has 2 nitrogen and oxygen atoms in total. The Hall–Kier alpha value is -2.97. The molecule has 0 aliphatic heterocycles. The van der Waals surface area contributed by atoms with E-state index in [1.807, 2.05) is 65.2 Å². The maximum atomic E-state index is 9.12. The van der Waals surface area contributed by atoms with Gasteiger partial charge in [0.2, 0.25) is 0 Å². The van der Waals surface area contributed by atoms with Gasteiger partial charge in [-0.15, -0.1) is 0 Å². The molecule has 0 amide bonds. The maximum absolute atomic E-state index is 9.12. The van der Waals surface area contributed by atoms with Gasteiger partial charge in [0.05, 0.1) is 16.8 Å². The minimum absolute atomic E-state index is 0.651. The third-order valence-electron chi connectivity index (χ3n) is 2.91. The van der Waals surface area contributed by atoms with Crippen LogP contribution < -0.4 is 0 Å². The number of hydrogen-bond acceptors (Lipinski definition) is 1. The van der Waals surface area contributed by atoms with Crippen molar-refractivity contribution in [2.45, 2.75) is 0 Å². The fourth-order valence-electron chi connectivity index (χ4n) is 2.00. The predicted molar refractivity (Wildman–Crippen MR) is 74.5 cm³/mol. The molecule has 88 valence electrons. The molecular weight excluding hydrogens is 232 g/mol. The standard InChI is InChI=1S/C17H10N2/c18-13-15-12-16(19-11-5-4-8-17(15)19)10-9-14-6-2-1-3-7-14/h1-8,11-12H. The average molecular weight is 242 g/mol. The first-order valence-corrected chi connectivity index (χ1v) is 5.96. The van der Waals surface area contributed by atoms with Gasteiger partial charge in [0.1, 0.15) is 6.07 Å². The van der Waals surface area contributed by atoms with E-state index in [0.29, 0.717) is 5.56 Å². The highest BCUT2D eigenvalue weighted by atomic mass is 14.9. The molecule has 0 aliphatic rings. The number of pyridine rings is 1. The first-order valence-electron chi connectivity index (χ1n) is 5.96. The number of rotatable bonds is 0. The number of fused-ring (bicyclic) bond motifs is 1. The van der Waals surface area contributed by atoms with Crippen LogP contribution in [0.1, 0.15) is 16.8 Å². The number of aromatic nitrogens is 1. The van der Waals surface area contributed by atoms with E-state index in [0.717, 1.165) is 16.8 Å². The molecule has 2 heteroatoms. The van der Waals surface area contributed by atoms with Crippen molar-refractivity contribution in [2.75, 3.05) is 0 Å². The van der Waals surface area contributed by atoms with Crippen molar-refractivity contribution in [3.8, 4) is 17.9 Å². The first kappa shape index (κ1) is 11.1. The van der Waals surface area contributed by atoms with Crippen LogP contribution in [0.15, 0.2) is 60.8 Å². The summed E-state index contributed by atoms with van der Waals surface area (Å²) in [6, 6.07) is 19.6. The van der Waals surface area contributed by atoms with Gasteiger partial charge in [-0.2, -0.15) is 5.26 Å². The van der Waals surface area contributed by atoms with Crippen LogP contribution in [0, 0.1) is 23.2 Å². The van der Waals surface area contributed by atoms with E-state index in [9.17, 15) is 0 Å². The van der Waals surface area contributed by atoms with E-state index in [1.165, 1.54) is 0 Å². The lowest BCUT2D eigenvalue weighted by molar-refractivity contribution is 1.17. The normalized spacial score (nSPS) is 9.63. The molecule has 3 aromatic rings. The van der Waals surface area contributed by atoms with Crippen LogP contribution in [0.3, 0.4) is 0 Å². The van der Waals surface area contributed by atoms with Gasteiger partial charge in [-0.3, -0.25) is 0 Å². The lowest BCUT2D eigenvalue weighted by Gasteiger charge is -1.94. The molecule has 0 atom stereocenters. The van der Waals surface area contributed by atoms with Gasteiger partial charge in [0.15, 0.2) is 0 Å². The Bertz CT molecular complexity index is 824. The van der Waals surface area contributed by atoms with E-state index in [-0.39, 0.29) is 0 Å². The summed E-state index contributed by atoms with van der Waals surface area (Å²) in [6.45, 7) is 0. The third kappa shape index (κ3) is 2.08. The van der Waals surface area contributed by atoms with E-state index >= 15 is 0 Å². The van der Waals surface area contributed by atoms with Crippen LogP contribution in [0.4, 0.5) is 0 Å². The number of nitrogens with zero attached hydrogens (tertiary/aromatic N) is 2. The predicted octanol–water partition coefficient (Wildman–Crippen LogP) is 3.21. The highest BCUT2D eigenvalue weighted by Gasteiger charge is 2.05. The van der Waals surface area contributed by atoms with Crippen LogP contribution >= 0.6 is 0 Å². The van der Waals surface area contributed by atoms with E-state index < -0.39 is 0 Å². The fourth-order valence-corrected chi connectivity index (χ4v) is 2.00. The molecular formula is C17H10N2. The molecule has 0 fully saturated rings. The molecule has 3 rings (SSSR count). The van der Waals surface area contributed by atoms with Crippen LogP contribution in [0.2, 0.25) is 0 Å². The van der Waals surface area contributed by atoms with Crippen LogP contribution in [0.25, 0.3) is 5.52 Å². The zero-order valence-corrected chi connectivity index (χ0v) is 10.2. The molecule has 0 radical (unpaired) electrons. The van der Waals surface area contributed by atoms with Gasteiger partial charge < -0.3 is 4.40 Å². The number of nitriles is 1. The van der Waals surface area contributed by atoms with Crippen LogP contribution in [-0.2, 0) is 0 Å². The molecule has 0 bridgehead atoms. The quantitative estimate of drug-likeness (QED) is 0.556. The Morgan fingerprint density at radius 2 is 1.68 bits per heavy atom. The van der Waals surface area contributed by atoms with Crippen molar-refractivity contribution in [1.82, 2.24) is 4.40 Å². The zero-order chi connectivity index (χ0) is 13.1. The Labute approximate surface area is 111 Å². The van der Waals surface area contributed by atoms with E-state index in [2.05, 4.69) is 17.9 Å².